The molecule has 7 heteroatoms. The van der Waals surface area contributed by atoms with Crippen LogP contribution in [0.2, 0.25) is 0 Å². The summed E-state index contributed by atoms with van der Waals surface area (Å²) in [5.41, 5.74) is 2.14. The SMILES string of the molecule is CCC(=O)N(CC1(N2CCN(Cc3ccc(OC)nc3)CC2)CCOCC1)c1ccccc1. The van der Waals surface area contributed by atoms with Crippen molar-refractivity contribution in [3.05, 3.63) is 54.2 Å². The molecule has 0 saturated carbocycles. The van der Waals surface area contributed by atoms with Crippen molar-refractivity contribution >= 4 is 11.6 Å². The van der Waals surface area contributed by atoms with E-state index in [1.165, 1.54) is 5.56 Å². The molecule has 2 aliphatic heterocycles. The van der Waals surface area contributed by atoms with Crippen LogP contribution in [0, 0.1) is 0 Å². The Balaban J connectivity index is 1.45. The molecule has 4 rings (SSSR count). The topological polar surface area (TPSA) is 58.1 Å². The second-order valence-electron chi connectivity index (χ2n) is 8.98. The summed E-state index contributed by atoms with van der Waals surface area (Å²) in [7, 11) is 1.64. The molecule has 3 heterocycles. The van der Waals surface area contributed by atoms with Crippen molar-refractivity contribution in [1.82, 2.24) is 14.8 Å². The van der Waals surface area contributed by atoms with Gasteiger partial charge in [0.05, 0.1) is 7.11 Å². The first-order valence-corrected chi connectivity index (χ1v) is 12.0. The maximum Gasteiger partial charge on any atom is 0.226 e. The Labute approximate surface area is 197 Å². The molecule has 2 fully saturated rings. The molecular weight excluding hydrogens is 416 g/mol. The number of para-hydroxylation sites is 1. The predicted molar refractivity (Wildman–Crippen MR) is 130 cm³/mol. The second kappa shape index (κ2) is 11.1. The molecule has 0 N–H and O–H groups in total. The highest BCUT2D eigenvalue weighted by molar-refractivity contribution is 5.93. The number of anilines is 1. The number of ether oxygens (including phenoxy) is 2. The molecule has 0 bridgehead atoms. The lowest BCUT2D eigenvalue weighted by atomic mass is 9.86. The lowest BCUT2D eigenvalue weighted by Gasteiger charge is -2.51. The van der Waals surface area contributed by atoms with Gasteiger partial charge in [-0.25, -0.2) is 4.98 Å². The second-order valence-corrected chi connectivity index (χ2v) is 8.98. The fourth-order valence-electron chi connectivity index (χ4n) is 5.01. The maximum absolute atomic E-state index is 13.0. The number of nitrogens with zero attached hydrogens (tertiary/aromatic N) is 4. The van der Waals surface area contributed by atoms with Crippen LogP contribution in [-0.4, -0.2) is 79.3 Å². The van der Waals surface area contributed by atoms with Crippen LogP contribution in [0.15, 0.2) is 48.7 Å². The lowest BCUT2D eigenvalue weighted by molar-refractivity contribution is -0.119. The molecule has 2 aliphatic rings. The van der Waals surface area contributed by atoms with Crippen molar-refractivity contribution < 1.29 is 14.3 Å². The molecule has 0 spiro atoms. The summed E-state index contributed by atoms with van der Waals surface area (Å²) in [5.74, 6) is 0.826. The lowest BCUT2D eigenvalue weighted by Crippen LogP contribution is -2.63. The van der Waals surface area contributed by atoms with E-state index in [1.54, 1.807) is 7.11 Å². The van der Waals surface area contributed by atoms with E-state index >= 15 is 0 Å². The Morgan fingerprint density at radius 2 is 1.82 bits per heavy atom. The first-order valence-electron chi connectivity index (χ1n) is 12.0. The molecule has 33 heavy (non-hydrogen) atoms. The van der Waals surface area contributed by atoms with Gasteiger partial charge in [-0.1, -0.05) is 31.2 Å². The van der Waals surface area contributed by atoms with E-state index in [-0.39, 0.29) is 11.4 Å². The Morgan fingerprint density at radius 3 is 2.42 bits per heavy atom. The molecule has 0 unspecified atom stereocenters. The predicted octanol–water partition coefficient (Wildman–Crippen LogP) is 3.20. The van der Waals surface area contributed by atoms with E-state index in [1.807, 2.05) is 54.4 Å². The number of piperazine rings is 1. The van der Waals surface area contributed by atoms with Crippen LogP contribution in [0.25, 0.3) is 0 Å². The Bertz CT molecular complexity index is 876. The van der Waals surface area contributed by atoms with Crippen LogP contribution >= 0.6 is 0 Å². The molecule has 7 nitrogen and oxygen atoms in total. The zero-order valence-corrected chi connectivity index (χ0v) is 19.9. The summed E-state index contributed by atoms with van der Waals surface area (Å²) in [6.45, 7) is 9.05. The monoisotopic (exact) mass is 452 g/mol. The van der Waals surface area contributed by atoms with Gasteiger partial charge in [0.1, 0.15) is 0 Å². The summed E-state index contributed by atoms with van der Waals surface area (Å²) in [6.07, 6.45) is 4.32. The highest BCUT2D eigenvalue weighted by Gasteiger charge is 2.42. The first kappa shape index (κ1) is 23.7. The summed E-state index contributed by atoms with van der Waals surface area (Å²) in [5, 5.41) is 0. The average molecular weight is 453 g/mol. The van der Waals surface area contributed by atoms with Crippen LogP contribution in [0.5, 0.6) is 5.88 Å². The molecule has 1 aromatic carbocycles. The number of amides is 1. The summed E-state index contributed by atoms with van der Waals surface area (Å²) >= 11 is 0. The van der Waals surface area contributed by atoms with Gasteiger partial charge in [-0.2, -0.15) is 0 Å². The molecule has 2 saturated heterocycles. The quantitative estimate of drug-likeness (QED) is 0.613. The van der Waals surface area contributed by atoms with Crippen molar-refractivity contribution in [1.29, 1.82) is 0 Å². The van der Waals surface area contributed by atoms with E-state index in [9.17, 15) is 4.79 Å². The number of hydrogen-bond donors (Lipinski definition) is 0. The fourth-order valence-corrected chi connectivity index (χ4v) is 5.01. The Morgan fingerprint density at radius 1 is 1.09 bits per heavy atom. The number of pyridine rings is 1. The van der Waals surface area contributed by atoms with Crippen molar-refractivity contribution in [3.8, 4) is 5.88 Å². The number of carbonyl (C=O) groups excluding carboxylic acids is 1. The van der Waals surface area contributed by atoms with Gasteiger partial charge >= 0.3 is 0 Å². The number of benzene rings is 1. The van der Waals surface area contributed by atoms with E-state index in [0.717, 1.165) is 71.0 Å². The highest BCUT2D eigenvalue weighted by atomic mass is 16.5. The van der Waals surface area contributed by atoms with Crippen molar-refractivity contribution in [2.24, 2.45) is 0 Å². The van der Waals surface area contributed by atoms with Gasteiger partial charge in [-0.05, 0) is 30.5 Å². The van der Waals surface area contributed by atoms with Gasteiger partial charge in [0.2, 0.25) is 11.8 Å². The number of methoxy groups -OCH3 is 1. The highest BCUT2D eigenvalue weighted by Crippen LogP contribution is 2.32. The van der Waals surface area contributed by atoms with Crippen molar-refractivity contribution in [3.63, 3.8) is 0 Å². The first-order chi connectivity index (χ1) is 16.1. The number of aromatic nitrogens is 1. The van der Waals surface area contributed by atoms with Crippen LogP contribution < -0.4 is 9.64 Å². The van der Waals surface area contributed by atoms with Crippen molar-refractivity contribution in [2.45, 2.75) is 38.3 Å². The largest absolute Gasteiger partial charge is 0.481 e. The van der Waals surface area contributed by atoms with E-state index in [2.05, 4.69) is 20.9 Å². The molecule has 0 aliphatic carbocycles. The smallest absolute Gasteiger partial charge is 0.226 e. The third-order valence-electron chi connectivity index (χ3n) is 7.00. The van der Waals surface area contributed by atoms with Crippen LogP contribution in [0.4, 0.5) is 5.69 Å². The van der Waals surface area contributed by atoms with E-state index < -0.39 is 0 Å². The van der Waals surface area contributed by atoms with E-state index in [0.29, 0.717) is 12.3 Å². The minimum absolute atomic E-state index is 0.0489. The van der Waals surface area contributed by atoms with Crippen LogP contribution in [-0.2, 0) is 16.1 Å². The third-order valence-corrected chi connectivity index (χ3v) is 7.00. The van der Waals surface area contributed by atoms with Crippen LogP contribution in [0.1, 0.15) is 31.7 Å². The van der Waals surface area contributed by atoms with Gasteiger partial charge < -0.3 is 14.4 Å². The Hall–Kier alpha value is -2.48. The fraction of sp³-hybridized carbons (Fsp3) is 0.538. The third kappa shape index (κ3) is 5.72. The van der Waals surface area contributed by atoms with E-state index in [4.69, 9.17) is 9.47 Å². The summed E-state index contributed by atoms with van der Waals surface area (Å²) in [4.78, 5) is 24.4. The normalized spacial score (nSPS) is 19.2. The molecular formula is C26H36N4O3. The maximum atomic E-state index is 13.0. The molecule has 2 aromatic rings. The number of rotatable bonds is 8. The standard InChI is InChI=1S/C26H36N4O3/c1-3-25(31)30(23-7-5-4-6-8-23)21-26(11-17-33-18-12-26)29-15-13-28(14-16-29)20-22-9-10-24(32-2)27-19-22/h4-10,19H,3,11-18,20-21H2,1-2H3. The molecule has 178 valence electrons. The number of hydrogen-bond acceptors (Lipinski definition) is 6. The summed E-state index contributed by atoms with van der Waals surface area (Å²) < 4.78 is 10.9. The molecule has 1 aromatic heterocycles. The average Bonchev–Trinajstić information content (AvgIpc) is 2.89. The molecule has 0 radical (unpaired) electrons. The van der Waals surface area contributed by atoms with Crippen molar-refractivity contribution in [2.75, 3.05) is 57.9 Å². The zero-order valence-electron chi connectivity index (χ0n) is 19.9. The molecule has 0 atom stereocenters. The van der Waals surface area contributed by atoms with Gasteiger partial charge in [0.25, 0.3) is 0 Å². The van der Waals surface area contributed by atoms with Gasteiger partial charge in [0.15, 0.2) is 0 Å². The Kier molecular flexibility index (Phi) is 7.96. The van der Waals surface area contributed by atoms with Crippen LogP contribution in [0.3, 0.4) is 0 Å². The van der Waals surface area contributed by atoms with Gasteiger partial charge in [0, 0.05) is 82.4 Å². The minimum atomic E-state index is -0.0489. The van der Waals surface area contributed by atoms with Gasteiger partial charge in [-0.3, -0.25) is 14.6 Å². The zero-order chi connectivity index (χ0) is 23.1. The van der Waals surface area contributed by atoms with Gasteiger partial charge in [-0.15, -0.1) is 0 Å². The summed E-state index contributed by atoms with van der Waals surface area (Å²) in [6, 6.07) is 14.1. The molecule has 1 amide bonds. The minimum Gasteiger partial charge on any atom is -0.481 e. The number of carbonyl (C=O) groups is 1.